The van der Waals surface area contributed by atoms with Crippen molar-refractivity contribution in [2.45, 2.75) is 12.5 Å². The molecule has 2 nitrogen and oxygen atoms in total. The predicted molar refractivity (Wildman–Crippen MR) is 40.7 cm³/mol. The van der Waals surface area contributed by atoms with Gasteiger partial charge in [0.05, 0.1) is 9.68 Å². The first-order valence-corrected chi connectivity index (χ1v) is 4.75. The zero-order valence-corrected chi connectivity index (χ0v) is 7.27. The molecule has 3 heteroatoms. The highest BCUT2D eigenvalue weighted by atomic mass is 28.2. The molecule has 0 aliphatic heterocycles. The summed E-state index contributed by atoms with van der Waals surface area (Å²) in [7, 11) is 4.37. The monoisotopic (exact) mass is 132 g/mol. The molecule has 0 aromatic carbocycles. The van der Waals surface area contributed by atoms with Crippen LogP contribution in [0.2, 0.25) is 6.04 Å². The maximum atomic E-state index is 5.32. The Morgan fingerprint density at radius 2 is 2.12 bits per heavy atom. The summed E-state index contributed by atoms with van der Waals surface area (Å²) in [5, 5.41) is 0. The van der Waals surface area contributed by atoms with Crippen LogP contribution in [0.1, 0.15) is 6.42 Å². The molecule has 0 aromatic rings. The highest BCUT2D eigenvalue weighted by Crippen LogP contribution is 1.85. The van der Waals surface area contributed by atoms with Gasteiger partial charge in [-0.2, -0.15) is 0 Å². The van der Waals surface area contributed by atoms with Gasteiger partial charge in [-0.3, -0.25) is 0 Å². The van der Waals surface area contributed by atoms with Gasteiger partial charge in [-0.05, 0) is 33.1 Å². The van der Waals surface area contributed by atoms with E-state index in [9.17, 15) is 0 Å². The molecule has 0 saturated carbocycles. The summed E-state index contributed by atoms with van der Waals surface area (Å²) < 4.78 is 2.32. The molecule has 0 rings (SSSR count). The largest absolute Gasteiger partial charge is 0.334 e. The van der Waals surface area contributed by atoms with E-state index in [0.717, 1.165) is 6.54 Å². The predicted octanol–water partition coefficient (Wildman–Crippen LogP) is -0.601. The van der Waals surface area contributed by atoms with Crippen LogP contribution in [0.5, 0.6) is 0 Å². The van der Waals surface area contributed by atoms with Gasteiger partial charge in [-0.25, -0.2) is 0 Å². The Labute approximate surface area is 54.0 Å². The van der Waals surface area contributed by atoms with E-state index < -0.39 is 0 Å². The maximum Gasteiger partial charge on any atom is 0.0944 e. The second-order valence-corrected chi connectivity index (χ2v) is 4.72. The number of hydrogen-bond acceptors (Lipinski definition) is 2. The van der Waals surface area contributed by atoms with Gasteiger partial charge in [0.1, 0.15) is 0 Å². The van der Waals surface area contributed by atoms with Crippen LogP contribution in [0, 0.1) is 0 Å². The van der Waals surface area contributed by atoms with E-state index in [1.54, 1.807) is 0 Å². The average Bonchev–Trinajstić information content (AvgIpc) is 1.66. The standard InChI is InChI=1S/C5H16N2Si/c1-7(2)8-5-3-4-6/h3-6,8H2,1-2H3. The number of nitrogens with zero attached hydrogens (tertiary/aromatic N) is 1. The maximum absolute atomic E-state index is 5.32. The zero-order chi connectivity index (χ0) is 6.41. The Bertz CT molecular complexity index is 47.7. The van der Waals surface area contributed by atoms with Crippen LogP contribution >= 0.6 is 0 Å². The van der Waals surface area contributed by atoms with Crippen molar-refractivity contribution in [2.24, 2.45) is 5.73 Å². The van der Waals surface area contributed by atoms with Crippen molar-refractivity contribution in [2.75, 3.05) is 20.6 Å². The summed E-state index contributed by atoms with van der Waals surface area (Å²) in [6, 6.07) is 1.36. The van der Waals surface area contributed by atoms with Crippen LogP contribution in [0.25, 0.3) is 0 Å². The highest BCUT2D eigenvalue weighted by molar-refractivity contribution is 6.31. The zero-order valence-electron chi connectivity index (χ0n) is 5.85. The molecule has 2 N–H and O–H groups in total. The highest BCUT2D eigenvalue weighted by Gasteiger charge is 1.88. The fourth-order valence-electron chi connectivity index (χ4n) is 0.572. The Balaban J connectivity index is 2.72. The van der Waals surface area contributed by atoms with Crippen LogP contribution in [-0.4, -0.2) is 34.9 Å². The van der Waals surface area contributed by atoms with Gasteiger partial charge < -0.3 is 10.3 Å². The normalized spacial score (nSPS) is 12.0. The van der Waals surface area contributed by atoms with Crippen molar-refractivity contribution in [3.8, 4) is 0 Å². The molecule has 8 heavy (non-hydrogen) atoms. The van der Waals surface area contributed by atoms with Crippen LogP contribution in [0.4, 0.5) is 0 Å². The van der Waals surface area contributed by atoms with Gasteiger partial charge in [-0.1, -0.05) is 0 Å². The molecule has 0 saturated heterocycles. The molecule has 0 aliphatic carbocycles. The van der Waals surface area contributed by atoms with Gasteiger partial charge in [-0.15, -0.1) is 0 Å². The molecule has 0 fully saturated rings. The first-order chi connectivity index (χ1) is 3.77. The van der Waals surface area contributed by atoms with Gasteiger partial charge in [0, 0.05) is 0 Å². The van der Waals surface area contributed by atoms with Crippen LogP contribution < -0.4 is 5.73 Å². The fourth-order valence-corrected chi connectivity index (χ4v) is 1.72. The summed E-state index contributed by atoms with van der Waals surface area (Å²) in [6.45, 7) is 0.862. The van der Waals surface area contributed by atoms with Crippen LogP contribution in [-0.2, 0) is 0 Å². The summed E-state index contributed by atoms with van der Waals surface area (Å²) >= 11 is 0. The van der Waals surface area contributed by atoms with E-state index in [1.807, 2.05) is 0 Å². The smallest absolute Gasteiger partial charge is 0.0944 e. The van der Waals surface area contributed by atoms with Crippen molar-refractivity contribution in [1.82, 2.24) is 4.57 Å². The topological polar surface area (TPSA) is 29.3 Å². The van der Waals surface area contributed by atoms with Crippen LogP contribution in [0.15, 0.2) is 0 Å². The molecule has 0 aromatic heterocycles. The minimum atomic E-state index is 0.0884. The summed E-state index contributed by atoms with van der Waals surface area (Å²) in [4.78, 5) is 0. The van der Waals surface area contributed by atoms with E-state index in [4.69, 9.17) is 5.73 Å². The number of nitrogens with two attached hydrogens (primary N) is 1. The van der Waals surface area contributed by atoms with Crippen molar-refractivity contribution < 1.29 is 0 Å². The lowest BCUT2D eigenvalue weighted by Gasteiger charge is -2.05. The molecule has 0 radical (unpaired) electrons. The molecule has 50 valence electrons. The number of rotatable bonds is 4. The molecule has 0 spiro atoms. The first kappa shape index (κ1) is 8.14. The van der Waals surface area contributed by atoms with Gasteiger partial charge >= 0.3 is 0 Å². The van der Waals surface area contributed by atoms with E-state index in [1.165, 1.54) is 12.5 Å². The molecule has 0 unspecified atom stereocenters. The van der Waals surface area contributed by atoms with Crippen molar-refractivity contribution in [3.63, 3.8) is 0 Å². The van der Waals surface area contributed by atoms with E-state index >= 15 is 0 Å². The Morgan fingerprint density at radius 3 is 2.50 bits per heavy atom. The van der Waals surface area contributed by atoms with E-state index in [0.29, 0.717) is 0 Å². The lowest BCUT2D eigenvalue weighted by molar-refractivity contribution is 0.653. The Kier molecular flexibility index (Phi) is 5.37. The van der Waals surface area contributed by atoms with Crippen molar-refractivity contribution in [1.29, 1.82) is 0 Å². The molecule has 0 aliphatic rings. The van der Waals surface area contributed by atoms with E-state index in [2.05, 4.69) is 18.7 Å². The summed E-state index contributed by atoms with van der Waals surface area (Å²) in [5.41, 5.74) is 5.32. The Morgan fingerprint density at radius 1 is 1.50 bits per heavy atom. The third kappa shape index (κ3) is 6.14. The van der Waals surface area contributed by atoms with Gasteiger partial charge in [0.25, 0.3) is 0 Å². The molecular formula is C5H16N2Si. The quantitative estimate of drug-likeness (QED) is 0.409. The third-order valence-corrected chi connectivity index (χ3v) is 2.77. The van der Waals surface area contributed by atoms with Crippen molar-refractivity contribution in [3.05, 3.63) is 0 Å². The molecule has 0 atom stereocenters. The lowest BCUT2D eigenvalue weighted by atomic mass is 10.5. The second kappa shape index (κ2) is 5.28. The summed E-state index contributed by atoms with van der Waals surface area (Å²) in [5.74, 6) is 0. The van der Waals surface area contributed by atoms with Crippen LogP contribution in [0.3, 0.4) is 0 Å². The fraction of sp³-hybridized carbons (Fsp3) is 1.00. The van der Waals surface area contributed by atoms with Gasteiger partial charge in [0.2, 0.25) is 0 Å². The lowest BCUT2D eigenvalue weighted by Crippen LogP contribution is -2.17. The summed E-state index contributed by atoms with van der Waals surface area (Å²) in [6.07, 6.45) is 1.21. The minimum Gasteiger partial charge on any atom is -0.334 e. The molecule has 0 heterocycles. The van der Waals surface area contributed by atoms with Crippen molar-refractivity contribution >= 4 is 9.68 Å². The second-order valence-electron chi connectivity index (χ2n) is 2.30. The molecular weight excluding hydrogens is 116 g/mol. The minimum absolute atomic E-state index is 0.0884. The molecule has 0 amide bonds. The average molecular weight is 132 g/mol. The Hall–Kier alpha value is 0.137. The SMILES string of the molecule is CN(C)[SiH2]CCCN. The third-order valence-electron chi connectivity index (χ3n) is 1.06. The first-order valence-electron chi connectivity index (χ1n) is 3.12. The number of hydrogen-bond donors (Lipinski definition) is 1. The van der Waals surface area contributed by atoms with E-state index in [-0.39, 0.29) is 9.68 Å². The molecule has 0 bridgehead atoms. The van der Waals surface area contributed by atoms with Gasteiger partial charge in [0.15, 0.2) is 0 Å².